The predicted octanol–water partition coefficient (Wildman–Crippen LogP) is 3.27. The van der Waals surface area contributed by atoms with Crippen molar-refractivity contribution in [3.05, 3.63) is 54.2 Å². The standard InChI is InChI=1S/C17H18FN5OS/c1-3-22-9-8-19-17(22)25-11-16(24)20-15-10-12(2)21-23(15)14-6-4-13(18)5-7-14/h4-10H,3,11H2,1-2H3,(H,20,24). The number of nitrogens with zero attached hydrogens (tertiary/aromatic N) is 4. The molecule has 2 aromatic heterocycles. The van der Waals surface area contributed by atoms with Gasteiger partial charge in [-0.05, 0) is 38.1 Å². The van der Waals surface area contributed by atoms with E-state index < -0.39 is 0 Å². The number of anilines is 1. The first kappa shape index (κ1) is 17.2. The summed E-state index contributed by atoms with van der Waals surface area (Å²) in [7, 11) is 0. The highest BCUT2D eigenvalue weighted by Gasteiger charge is 2.12. The molecule has 8 heteroatoms. The molecule has 0 fully saturated rings. The summed E-state index contributed by atoms with van der Waals surface area (Å²) in [6.45, 7) is 4.67. The molecule has 0 aliphatic heterocycles. The maximum Gasteiger partial charge on any atom is 0.236 e. The van der Waals surface area contributed by atoms with E-state index in [0.717, 1.165) is 17.4 Å². The van der Waals surface area contributed by atoms with Crippen molar-refractivity contribution in [3.8, 4) is 5.69 Å². The Morgan fingerprint density at radius 3 is 2.80 bits per heavy atom. The number of hydrogen-bond donors (Lipinski definition) is 1. The third-order valence-corrected chi connectivity index (χ3v) is 4.53. The SMILES string of the molecule is CCn1ccnc1SCC(=O)Nc1cc(C)nn1-c1ccc(F)cc1. The van der Waals surface area contributed by atoms with E-state index in [0.29, 0.717) is 11.5 Å². The number of benzene rings is 1. The summed E-state index contributed by atoms with van der Waals surface area (Å²) >= 11 is 1.38. The minimum absolute atomic E-state index is 0.154. The van der Waals surface area contributed by atoms with Crippen LogP contribution in [-0.4, -0.2) is 31.0 Å². The first-order valence-electron chi connectivity index (χ1n) is 7.83. The number of aryl methyl sites for hydroxylation is 2. The molecule has 0 saturated carbocycles. The van der Waals surface area contributed by atoms with Crippen molar-refractivity contribution >= 4 is 23.5 Å². The number of nitrogens with one attached hydrogen (secondary N) is 1. The van der Waals surface area contributed by atoms with Gasteiger partial charge in [0.05, 0.1) is 17.1 Å². The maximum absolute atomic E-state index is 13.1. The van der Waals surface area contributed by atoms with Gasteiger partial charge in [0.1, 0.15) is 11.6 Å². The Morgan fingerprint density at radius 1 is 1.32 bits per heavy atom. The highest BCUT2D eigenvalue weighted by molar-refractivity contribution is 7.99. The van der Waals surface area contributed by atoms with Crippen LogP contribution in [0.1, 0.15) is 12.6 Å². The molecule has 0 aliphatic carbocycles. The zero-order valence-electron chi connectivity index (χ0n) is 13.9. The average molecular weight is 359 g/mol. The number of thioether (sulfide) groups is 1. The number of rotatable bonds is 6. The van der Waals surface area contributed by atoms with Gasteiger partial charge in [-0.3, -0.25) is 4.79 Å². The third-order valence-electron chi connectivity index (χ3n) is 3.52. The molecule has 0 aliphatic rings. The Kier molecular flexibility index (Phi) is 5.18. The minimum atomic E-state index is -0.318. The van der Waals surface area contributed by atoms with Crippen LogP contribution >= 0.6 is 11.8 Å². The van der Waals surface area contributed by atoms with E-state index in [4.69, 9.17) is 0 Å². The van der Waals surface area contributed by atoms with Crippen molar-refractivity contribution in [1.82, 2.24) is 19.3 Å². The molecular weight excluding hydrogens is 341 g/mol. The number of hydrogen-bond acceptors (Lipinski definition) is 4. The lowest BCUT2D eigenvalue weighted by Gasteiger charge is -2.09. The molecule has 2 heterocycles. The second-order valence-corrected chi connectivity index (χ2v) is 6.33. The zero-order chi connectivity index (χ0) is 17.8. The molecular formula is C17H18FN5OS. The molecule has 0 radical (unpaired) electrons. The van der Waals surface area contributed by atoms with E-state index >= 15 is 0 Å². The molecule has 0 bridgehead atoms. The van der Waals surface area contributed by atoms with Crippen molar-refractivity contribution in [2.24, 2.45) is 0 Å². The molecule has 0 atom stereocenters. The smallest absolute Gasteiger partial charge is 0.236 e. The van der Waals surface area contributed by atoms with Gasteiger partial charge in [0.25, 0.3) is 0 Å². The molecule has 3 rings (SSSR count). The Bertz CT molecular complexity index is 872. The first-order chi connectivity index (χ1) is 12.1. The fraction of sp³-hybridized carbons (Fsp3) is 0.235. The Morgan fingerprint density at radius 2 is 2.08 bits per heavy atom. The van der Waals surface area contributed by atoms with Gasteiger partial charge < -0.3 is 9.88 Å². The lowest BCUT2D eigenvalue weighted by molar-refractivity contribution is -0.113. The van der Waals surface area contributed by atoms with Gasteiger partial charge in [-0.15, -0.1) is 0 Å². The quantitative estimate of drug-likeness (QED) is 0.686. The molecule has 0 saturated heterocycles. The predicted molar refractivity (Wildman–Crippen MR) is 95.5 cm³/mol. The molecule has 1 N–H and O–H groups in total. The van der Waals surface area contributed by atoms with E-state index in [1.807, 2.05) is 24.6 Å². The first-order valence-corrected chi connectivity index (χ1v) is 8.81. The number of imidazole rings is 1. The highest BCUT2D eigenvalue weighted by Crippen LogP contribution is 2.19. The Labute approximate surface area is 149 Å². The summed E-state index contributed by atoms with van der Waals surface area (Å²) < 4.78 is 16.7. The van der Waals surface area contributed by atoms with Crippen LogP contribution in [0.15, 0.2) is 47.9 Å². The molecule has 3 aromatic rings. The number of halogens is 1. The van der Waals surface area contributed by atoms with Gasteiger partial charge in [-0.1, -0.05) is 11.8 Å². The number of amides is 1. The van der Waals surface area contributed by atoms with Crippen LogP contribution < -0.4 is 5.32 Å². The van der Waals surface area contributed by atoms with E-state index in [1.165, 1.54) is 23.9 Å². The van der Waals surface area contributed by atoms with Crippen molar-refractivity contribution in [2.75, 3.05) is 11.1 Å². The van der Waals surface area contributed by atoms with Crippen molar-refractivity contribution in [2.45, 2.75) is 25.5 Å². The number of carbonyl (C=O) groups excluding carboxylic acids is 1. The van der Waals surface area contributed by atoms with Crippen LogP contribution in [0, 0.1) is 12.7 Å². The highest BCUT2D eigenvalue weighted by atomic mass is 32.2. The van der Waals surface area contributed by atoms with Gasteiger partial charge in [-0.25, -0.2) is 14.1 Å². The fourth-order valence-electron chi connectivity index (χ4n) is 2.35. The zero-order valence-corrected chi connectivity index (χ0v) is 14.8. The topological polar surface area (TPSA) is 64.7 Å². The van der Waals surface area contributed by atoms with Crippen molar-refractivity contribution in [1.29, 1.82) is 0 Å². The molecule has 25 heavy (non-hydrogen) atoms. The van der Waals surface area contributed by atoms with E-state index in [9.17, 15) is 9.18 Å². The number of aromatic nitrogens is 4. The van der Waals surface area contributed by atoms with Gasteiger partial charge in [0, 0.05) is 25.0 Å². The summed E-state index contributed by atoms with van der Waals surface area (Å²) in [5.74, 6) is 0.318. The molecule has 1 amide bonds. The van der Waals surface area contributed by atoms with Crippen molar-refractivity contribution < 1.29 is 9.18 Å². The largest absolute Gasteiger partial charge is 0.326 e. The molecule has 0 spiro atoms. The second-order valence-electron chi connectivity index (χ2n) is 5.39. The Hall–Kier alpha value is -2.61. The fourth-order valence-corrected chi connectivity index (χ4v) is 3.18. The average Bonchev–Trinajstić information content (AvgIpc) is 3.19. The van der Waals surface area contributed by atoms with E-state index in [2.05, 4.69) is 15.4 Å². The van der Waals surface area contributed by atoms with Crippen LogP contribution in [0.4, 0.5) is 10.2 Å². The summed E-state index contributed by atoms with van der Waals surface area (Å²) in [6.07, 6.45) is 3.60. The van der Waals surface area contributed by atoms with Gasteiger partial charge in [0.2, 0.25) is 5.91 Å². The van der Waals surface area contributed by atoms with Crippen LogP contribution in [0.25, 0.3) is 5.69 Å². The molecule has 0 unspecified atom stereocenters. The summed E-state index contributed by atoms with van der Waals surface area (Å²) in [5.41, 5.74) is 1.44. The molecule has 1 aromatic carbocycles. The van der Waals surface area contributed by atoms with Crippen molar-refractivity contribution in [3.63, 3.8) is 0 Å². The normalized spacial score (nSPS) is 10.8. The van der Waals surface area contributed by atoms with Gasteiger partial charge >= 0.3 is 0 Å². The number of carbonyl (C=O) groups is 1. The molecule has 130 valence electrons. The van der Waals surface area contributed by atoms with Gasteiger partial charge in [-0.2, -0.15) is 5.10 Å². The summed E-state index contributed by atoms with van der Waals surface area (Å²) in [4.78, 5) is 16.5. The Balaban J connectivity index is 1.70. The van der Waals surface area contributed by atoms with Crippen LogP contribution in [-0.2, 0) is 11.3 Å². The maximum atomic E-state index is 13.1. The van der Waals surface area contributed by atoms with Gasteiger partial charge in [0.15, 0.2) is 5.16 Å². The van der Waals surface area contributed by atoms with E-state index in [-0.39, 0.29) is 17.5 Å². The monoisotopic (exact) mass is 359 g/mol. The van der Waals surface area contributed by atoms with Crippen LogP contribution in [0.2, 0.25) is 0 Å². The minimum Gasteiger partial charge on any atom is -0.326 e. The third kappa shape index (κ3) is 4.08. The lowest BCUT2D eigenvalue weighted by atomic mass is 10.3. The van der Waals surface area contributed by atoms with Crippen LogP contribution in [0.5, 0.6) is 0 Å². The summed E-state index contributed by atoms with van der Waals surface area (Å²) in [6, 6.07) is 7.73. The second kappa shape index (κ2) is 7.52. The van der Waals surface area contributed by atoms with Crippen LogP contribution in [0.3, 0.4) is 0 Å². The van der Waals surface area contributed by atoms with E-state index in [1.54, 1.807) is 29.1 Å². The summed E-state index contributed by atoms with van der Waals surface area (Å²) in [5, 5.41) is 8.02. The lowest BCUT2D eigenvalue weighted by Crippen LogP contribution is -2.17. The molecule has 6 nitrogen and oxygen atoms in total.